The predicted molar refractivity (Wildman–Crippen MR) is 128 cm³/mol. The highest BCUT2D eigenvalue weighted by Crippen LogP contribution is 2.35. The molecule has 1 aliphatic carbocycles. The summed E-state index contributed by atoms with van der Waals surface area (Å²) in [5.41, 5.74) is 1.62. The molecule has 7 nitrogen and oxygen atoms in total. The monoisotopic (exact) mass is 483 g/mol. The number of carbonyl (C=O) groups is 2. The van der Waals surface area contributed by atoms with Gasteiger partial charge in [-0.2, -0.15) is 0 Å². The molecule has 0 aliphatic heterocycles. The first-order chi connectivity index (χ1) is 16.1. The van der Waals surface area contributed by atoms with Crippen LogP contribution in [0.25, 0.3) is 11.0 Å². The minimum absolute atomic E-state index is 0.0457. The number of halogens is 1. The van der Waals surface area contributed by atoms with E-state index in [1.54, 1.807) is 26.8 Å². The maximum absolute atomic E-state index is 13.1. The molecule has 1 unspecified atom stereocenters. The third-order valence-corrected chi connectivity index (χ3v) is 5.79. The number of alkyl carbamates (subject to hydrolysis) is 1. The first-order valence-electron chi connectivity index (χ1n) is 11.1. The lowest BCUT2D eigenvalue weighted by Gasteiger charge is -2.23. The molecule has 1 aromatic heterocycles. The number of aryl methyl sites for hydroxylation is 1. The van der Waals surface area contributed by atoms with Crippen LogP contribution in [0.3, 0.4) is 0 Å². The highest BCUT2D eigenvalue weighted by Gasteiger charge is 2.28. The quantitative estimate of drug-likeness (QED) is 0.312. The molecule has 0 saturated heterocycles. The molecular formula is C26H26ClNO6. The fourth-order valence-electron chi connectivity index (χ4n) is 4.03. The number of nitrogens with one attached hydrogen (secondary N) is 1. The third kappa shape index (κ3) is 5.42. The Bertz CT molecular complexity index is 1290. The fourth-order valence-corrected chi connectivity index (χ4v) is 4.24. The summed E-state index contributed by atoms with van der Waals surface area (Å²) in [6.45, 7) is 5.20. The van der Waals surface area contributed by atoms with Crippen molar-refractivity contribution in [1.29, 1.82) is 0 Å². The number of esters is 1. The highest BCUT2D eigenvalue weighted by atomic mass is 35.5. The topological polar surface area (TPSA) is 94.8 Å². The van der Waals surface area contributed by atoms with Gasteiger partial charge in [-0.15, -0.1) is 0 Å². The lowest BCUT2D eigenvalue weighted by molar-refractivity contribution is -0.136. The summed E-state index contributed by atoms with van der Waals surface area (Å²) >= 11 is 6.44. The first kappa shape index (κ1) is 23.8. The van der Waals surface area contributed by atoms with Gasteiger partial charge in [0.2, 0.25) is 0 Å². The maximum Gasteiger partial charge on any atom is 0.408 e. The van der Waals surface area contributed by atoms with Crippen LogP contribution in [0, 0.1) is 0 Å². The van der Waals surface area contributed by atoms with Crippen LogP contribution in [-0.2, 0) is 28.8 Å². The largest absolute Gasteiger partial charge is 0.444 e. The van der Waals surface area contributed by atoms with Gasteiger partial charge in [-0.05, 0) is 57.2 Å². The van der Waals surface area contributed by atoms with Crippen molar-refractivity contribution >= 4 is 34.6 Å². The van der Waals surface area contributed by atoms with Crippen molar-refractivity contribution in [3.05, 3.63) is 74.6 Å². The first-order valence-corrected chi connectivity index (χ1v) is 11.5. The molecular weight excluding hydrogens is 458 g/mol. The van der Waals surface area contributed by atoms with Gasteiger partial charge < -0.3 is 19.2 Å². The van der Waals surface area contributed by atoms with Crippen LogP contribution < -0.4 is 15.7 Å². The van der Waals surface area contributed by atoms with Crippen molar-refractivity contribution in [2.45, 2.75) is 58.1 Å². The maximum atomic E-state index is 13.1. The van der Waals surface area contributed by atoms with Gasteiger partial charge in [-0.3, -0.25) is 0 Å². The molecule has 0 fully saturated rings. The van der Waals surface area contributed by atoms with Crippen LogP contribution in [-0.4, -0.2) is 23.7 Å². The molecule has 0 radical (unpaired) electrons. The molecule has 1 heterocycles. The molecule has 1 aliphatic rings. The Morgan fingerprint density at radius 2 is 1.82 bits per heavy atom. The SMILES string of the molecule is CC(C)(C)OC(=O)NC(Cc1ccccc1)C(=O)Oc1cc2oc(=O)c3c(c2cc1Cl)CCC3. The molecule has 8 heteroatoms. The van der Waals surface area contributed by atoms with E-state index in [0.29, 0.717) is 17.6 Å². The Balaban J connectivity index is 1.61. The van der Waals surface area contributed by atoms with Crippen molar-refractivity contribution in [2.75, 3.05) is 0 Å². The lowest BCUT2D eigenvalue weighted by Crippen LogP contribution is -2.46. The molecule has 2 aromatic carbocycles. The average Bonchev–Trinajstić information content (AvgIpc) is 3.25. The van der Waals surface area contributed by atoms with Crippen molar-refractivity contribution in [3.8, 4) is 5.75 Å². The summed E-state index contributed by atoms with van der Waals surface area (Å²) in [5.74, 6) is -0.677. The van der Waals surface area contributed by atoms with Gasteiger partial charge in [0.25, 0.3) is 0 Å². The number of rotatable bonds is 5. The smallest absolute Gasteiger partial charge is 0.408 e. The van der Waals surface area contributed by atoms with E-state index in [2.05, 4.69) is 5.32 Å². The Morgan fingerprint density at radius 3 is 2.53 bits per heavy atom. The molecule has 0 spiro atoms. The Hall–Kier alpha value is -3.32. The van der Waals surface area contributed by atoms with Gasteiger partial charge in [0.05, 0.1) is 5.02 Å². The number of benzene rings is 2. The van der Waals surface area contributed by atoms with Gasteiger partial charge in [0.15, 0.2) is 5.75 Å². The van der Waals surface area contributed by atoms with Crippen LogP contribution in [0.5, 0.6) is 5.75 Å². The van der Waals surface area contributed by atoms with Crippen molar-refractivity contribution in [1.82, 2.24) is 5.32 Å². The molecule has 0 bridgehead atoms. The van der Waals surface area contributed by atoms with E-state index in [1.165, 1.54) is 6.07 Å². The molecule has 4 rings (SSSR count). The van der Waals surface area contributed by atoms with E-state index in [4.69, 9.17) is 25.5 Å². The molecule has 1 N–H and O–H groups in total. The van der Waals surface area contributed by atoms with Gasteiger partial charge >= 0.3 is 17.7 Å². The zero-order valence-electron chi connectivity index (χ0n) is 19.3. The molecule has 1 amide bonds. The van der Waals surface area contributed by atoms with Gasteiger partial charge in [0, 0.05) is 23.4 Å². The van der Waals surface area contributed by atoms with Crippen molar-refractivity contribution < 1.29 is 23.5 Å². The lowest BCUT2D eigenvalue weighted by atomic mass is 10.1. The fraction of sp³-hybridized carbons (Fsp3) is 0.346. The van der Waals surface area contributed by atoms with Crippen LogP contribution in [0.1, 0.15) is 43.9 Å². The second-order valence-electron chi connectivity index (χ2n) is 9.29. The van der Waals surface area contributed by atoms with E-state index in [-0.39, 0.29) is 22.8 Å². The van der Waals surface area contributed by atoms with Crippen LogP contribution >= 0.6 is 11.6 Å². The highest BCUT2D eigenvalue weighted by molar-refractivity contribution is 6.33. The summed E-state index contributed by atoms with van der Waals surface area (Å²) in [6.07, 6.45) is 1.78. The number of fused-ring (bicyclic) bond motifs is 3. The molecule has 1 atom stereocenters. The normalized spacial score (nSPS) is 13.9. The van der Waals surface area contributed by atoms with Gasteiger partial charge in [0.1, 0.15) is 17.2 Å². The van der Waals surface area contributed by atoms with E-state index in [1.807, 2.05) is 30.3 Å². The average molecular weight is 484 g/mol. The number of carbonyl (C=O) groups excluding carboxylic acids is 2. The second kappa shape index (κ2) is 9.50. The second-order valence-corrected chi connectivity index (χ2v) is 9.70. The predicted octanol–water partition coefficient (Wildman–Crippen LogP) is 4.98. The Labute approximate surface area is 202 Å². The van der Waals surface area contributed by atoms with Crippen LogP contribution in [0.2, 0.25) is 5.02 Å². The standard InChI is InChI=1S/C26H26ClNO6/c1-26(2,3)34-25(31)28-20(12-15-8-5-4-6-9-15)24(30)33-22-14-21-18(13-19(22)27)16-10-7-11-17(16)23(29)32-21/h4-6,8-9,13-14,20H,7,10-12H2,1-3H3,(H,28,31). The summed E-state index contributed by atoms with van der Waals surface area (Å²) < 4.78 is 16.3. The molecule has 34 heavy (non-hydrogen) atoms. The van der Waals surface area contributed by atoms with Gasteiger partial charge in [-0.1, -0.05) is 41.9 Å². The van der Waals surface area contributed by atoms with Crippen molar-refractivity contribution in [2.24, 2.45) is 0 Å². The van der Waals surface area contributed by atoms with Crippen LogP contribution in [0.4, 0.5) is 4.79 Å². The summed E-state index contributed by atoms with van der Waals surface area (Å²) in [7, 11) is 0. The zero-order valence-corrected chi connectivity index (χ0v) is 20.0. The van der Waals surface area contributed by atoms with Crippen molar-refractivity contribution in [3.63, 3.8) is 0 Å². The Morgan fingerprint density at radius 1 is 1.12 bits per heavy atom. The van der Waals surface area contributed by atoms with Gasteiger partial charge in [-0.25, -0.2) is 14.4 Å². The molecule has 3 aromatic rings. The minimum atomic E-state index is -1.03. The summed E-state index contributed by atoms with van der Waals surface area (Å²) in [5, 5.41) is 3.54. The van der Waals surface area contributed by atoms with Crippen LogP contribution in [0.15, 0.2) is 51.7 Å². The summed E-state index contributed by atoms with van der Waals surface area (Å²) in [6, 6.07) is 11.3. The van der Waals surface area contributed by atoms with E-state index < -0.39 is 23.7 Å². The summed E-state index contributed by atoms with van der Waals surface area (Å²) in [4.78, 5) is 37.8. The molecule has 178 valence electrons. The van der Waals surface area contributed by atoms with E-state index in [0.717, 1.165) is 29.4 Å². The number of ether oxygens (including phenoxy) is 2. The Kier molecular flexibility index (Phi) is 6.66. The van der Waals surface area contributed by atoms with E-state index >= 15 is 0 Å². The number of amides is 1. The minimum Gasteiger partial charge on any atom is -0.444 e. The third-order valence-electron chi connectivity index (χ3n) is 5.49. The number of hydrogen-bond donors (Lipinski definition) is 1. The zero-order chi connectivity index (χ0) is 24.5. The number of hydrogen-bond acceptors (Lipinski definition) is 6. The molecule has 0 saturated carbocycles. The van der Waals surface area contributed by atoms with E-state index in [9.17, 15) is 14.4 Å².